The lowest BCUT2D eigenvalue weighted by atomic mass is 9.66. The lowest BCUT2D eigenvalue weighted by Crippen LogP contribution is -2.54. The predicted molar refractivity (Wildman–Crippen MR) is 134 cm³/mol. The maximum atomic E-state index is 14.2. The first kappa shape index (κ1) is 24.5. The molecule has 190 valence electrons. The Morgan fingerprint density at radius 2 is 1.86 bits per heavy atom. The first-order valence-corrected chi connectivity index (χ1v) is 12.4. The molecule has 2 bridgehead atoms. The number of carbonyl (C=O) groups excluding carboxylic acids is 3. The molecule has 6 atom stereocenters. The molecule has 0 aromatic heterocycles. The van der Waals surface area contributed by atoms with Crippen LogP contribution in [0.1, 0.15) is 42.5 Å². The van der Waals surface area contributed by atoms with Crippen LogP contribution in [0.4, 0.5) is 5.69 Å². The van der Waals surface area contributed by atoms with Gasteiger partial charge in [0.05, 0.1) is 30.1 Å². The van der Waals surface area contributed by atoms with E-state index >= 15 is 0 Å². The number of benzene rings is 2. The lowest BCUT2D eigenvalue weighted by molar-refractivity contribution is -0.148. The van der Waals surface area contributed by atoms with Crippen molar-refractivity contribution in [3.05, 3.63) is 65.2 Å². The molecule has 0 saturated carbocycles. The van der Waals surface area contributed by atoms with Crippen molar-refractivity contribution in [3.63, 3.8) is 0 Å². The van der Waals surface area contributed by atoms with Crippen LogP contribution in [-0.4, -0.2) is 58.6 Å². The monoisotopic (exact) mass is 491 g/mol. The molecule has 3 heterocycles. The molecule has 5 rings (SSSR count). The van der Waals surface area contributed by atoms with Crippen molar-refractivity contribution >= 4 is 23.4 Å². The molecule has 3 aliphatic rings. The van der Waals surface area contributed by atoms with Gasteiger partial charge in [-0.25, -0.2) is 0 Å². The predicted octanol–water partition coefficient (Wildman–Crippen LogP) is 2.49. The molecular formula is C28H33N3O5. The van der Waals surface area contributed by atoms with Crippen LogP contribution in [0.3, 0.4) is 0 Å². The summed E-state index contributed by atoms with van der Waals surface area (Å²) < 4.78 is 6.60. The molecule has 2 unspecified atom stereocenters. The first-order valence-electron chi connectivity index (χ1n) is 12.4. The smallest absolute Gasteiger partial charge is 0.250 e. The van der Waals surface area contributed by atoms with Gasteiger partial charge in [0.15, 0.2) is 0 Å². The van der Waals surface area contributed by atoms with Gasteiger partial charge in [-0.15, -0.1) is 0 Å². The minimum Gasteiger partial charge on any atom is -0.394 e. The normalized spacial score (nSPS) is 31.3. The van der Waals surface area contributed by atoms with Gasteiger partial charge in [-0.2, -0.15) is 0 Å². The average Bonchev–Trinajstić information content (AvgIpc) is 3.43. The molecule has 0 aliphatic carbocycles. The summed E-state index contributed by atoms with van der Waals surface area (Å²) in [5, 5.41) is 16.2. The van der Waals surface area contributed by atoms with Gasteiger partial charge in [0.25, 0.3) is 0 Å². The second-order valence-electron chi connectivity index (χ2n) is 10.5. The van der Waals surface area contributed by atoms with Crippen molar-refractivity contribution in [2.24, 2.45) is 11.8 Å². The number of fused-ring (bicyclic) bond motifs is 1. The Labute approximate surface area is 211 Å². The number of amides is 3. The molecule has 1 spiro atoms. The van der Waals surface area contributed by atoms with Gasteiger partial charge in [0, 0.05) is 12.7 Å². The molecule has 3 saturated heterocycles. The Hall–Kier alpha value is -3.23. The summed E-state index contributed by atoms with van der Waals surface area (Å²) in [6.07, 6.45) is 1.03. The van der Waals surface area contributed by atoms with E-state index in [9.17, 15) is 19.5 Å². The number of anilines is 1. The van der Waals surface area contributed by atoms with Gasteiger partial charge in [-0.05, 0) is 56.4 Å². The quantitative estimate of drug-likeness (QED) is 0.576. The molecule has 8 heteroatoms. The zero-order chi connectivity index (χ0) is 25.8. The van der Waals surface area contributed by atoms with Crippen LogP contribution >= 0.6 is 0 Å². The van der Waals surface area contributed by atoms with Crippen LogP contribution in [0.25, 0.3) is 0 Å². The third-order valence-corrected chi connectivity index (χ3v) is 8.34. The van der Waals surface area contributed by atoms with Crippen molar-refractivity contribution in [2.45, 2.75) is 56.9 Å². The number of aliphatic hydroxyl groups is 1. The zero-order valence-electron chi connectivity index (χ0n) is 21.1. The van der Waals surface area contributed by atoms with Crippen molar-refractivity contribution in [2.75, 3.05) is 19.0 Å². The highest BCUT2D eigenvalue weighted by Crippen LogP contribution is 2.64. The summed E-state index contributed by atoms with van der Waals surface area (Å²) in [7, 11) is 1.55. The highest BCUT2D eigenvalue weighted by atomic mass is 16.5. The van der Waals surface area contributed by atoms with Crippen molar-refractivity contribution < 1.29 is 24.2 Å². The standard InChI is InChI=1S/C28H33N3O5/c1-16-10-11-17(2)19(14-16)30-25(34)23-28-13-12-27(3,36-28)21(24(33)29-4)22(28)26(35)31(23)20(15-32)18-8-6-5-7-9-18/h5-11,14,20-23,32H,12-13,15H2,1-4H3,(H,29,33)(H,30,34)/t20-,21+,22+,23?,27-,28?/m1/s1. The molecule has 3 amide bonds. The maximum Gasteiger partial charge on any atom is 0.250 e. The second kappa shape index (κ2) is 8.71. The number of nitrogens with zero attached hydrogens (tertiary/aromatic N) is 1. The van der Waals surface area contributed by atoms with E-state index in [0.717, 1.165) is 11.1 Å². The Balaban J connectivity index is 1.63. The number of aliphatic hydroxyl groups excluding tert-OH is 1. The average molecular weight is 492 g/mol. The van der Waals surface area contributed by atoms with Crippen LogP contribution in [0.2, 0.25) is 0 Å². The van der Waals surface area contributed by atoms with Gasteiger partial charge in [-0.3, -0.25) is 14.4 Å². The molecule has 2 aromatic carbocycles. The minimum absolute atomic E-state index is 0.270. The van der Waals surface area contributed by atoms with E-state index in [4.69, 9.17) is 4.74 Å². The largest absolute Gasteiger partial charge is 0.394 e. The molecule has 2 aromatic rings. The number of ether oxygens (including phenoxy) is 1. The van der Waals surface area contributed by atoms with E-state index in [1.165, 1.54) is 4.90 Å². The first-order chi connectivity index (χ1) is 17.2. The Kier molecular flexibility index (Phi) is 5.92. The summed E-state index contributed by atoms with van der Waals surface area (Å²) in [4.78, 5) is 42.8. The highest BCUT2D eigenvalue weighted by molar-refractivity contribution is 6.04. The Morgan fingerprint density at radius 1 is 1.14 bits per heavy atom. The fourth-order valence-corrected chi connectivity index (χ4v) is 6.66. The highest BCUT2D eigenvalue weighted by Gasteiger charge is 2.78. The molecular weight excluding hydrogens is 458 g/mol. The summed E-state index contributed by atoms with van der Waals surface area (Å²) in [6.45, 7) is 5.35. The fourth-order valence-electron chi connectivity index (χ4n) is 6.66. The molecule has 0 radical (unpaired) electrons. The van der Waals surface area contributed by atoms with Gasteiger partial charge < -0.3 is 25.4 Å². The van der Waals surface area contributed by atoms with Crippen molar-refractivity contribution in [1.82, 2.24) is 10.2 Å². The number of carbonyl (C=O) groups is 3. The van der Waals surface area contributed by atoms with Gasteiger partial charge >= 0.3 is 0 Å². The fraction of sp³-hybridized carbons (Fsp3) is 0.464. The second-order valence-corrected chi connectivity index (χ2v) is 10.5. The minimum atomic E-state index is -1.16. The zero-order valence-corrected chi connectivity index (χ0v) is 21.1. The molecule has 3 N–H and O–H groups in total. The van der Waals surface area contributed by atoms with Crippen LogP contribution in [0.15, 0.2) is 48.5 Å². The van der Waals surface area contributed by atoms with Gasteiger partial charge in [0.1, 0.15) is 11.6 Å². The molecule has 3 aliphatic heterocycles. The van der Waals surface area contributed by atoms with E-state index in [-0.39, 0.29) is 24.3 Å². The summed E-state index contributed by atoms with van der Waals surface area (Å²) in [6, 6.07) is 13.2. The number of aryl methyl sites for hydroxylation is 2. The Bertz CT molecular complexity index is 1220. The molecule has 3 fully saturated rings. The van der Waals surface area contributed by atoms with E-state index in [1.807, 2.05) is 69.3 Å². The van der Waals surface area contributed by atoms with E-state index in [1.54, 1.807) is 7.05 Å². The lowest BCUT2D eigenvalue weighted by Gasteiger charge is -2.37. The number of nitrogens with one attached hydrogen (secondary N) is 2. The summed E-state index contributed by atoms with van der Waals surface area (Å²) in [5.74, 6) is -2.52. The Morgan fingerprint density at radius 3 is 2.53 bits per heavy atom. The van der Waals surface area contributed by atoms with E-state index in [0.29, 0.717) is 24.1 Å². The van der Waals surface area contributed by atoms with Crippen molar-refractivity contribution in [3.8, 4) is 0 Å². The maximum absolute atomic E-state index is 14.2. The molecule has 36 heavy (non-hydrogen) atoms. The van der Waals surface area contributed by atoms with E-state index < -0.39 is 35.1 Å². The van der Waals surface area contributed by atoms with Crippen molar-refractivity contribution in [1.29, 1.82) is 0 Å². The third kappa shape index (κ3) is 3.46. The number of hydrogen-bond donors (Lipinski definition) is 3. The third-order valence-electron chi connectivity index (χ3n) is 8.34. The van der Waals surface area contributed by atoms with Crippen LogP contribution < -0.4 is 10.6 Å². The number of rotatable bonds is 6. The molecule has 8 nitrogen and oxygen atoms in total. The summed E-state index contributed by atoms with van der Waals surface area (Å²) in [5.41, 5.74) is 1.26. The van der Waals surface area contributed by atoms with Crippen LogP contribution in [-0.2, 0) is 19.1 Å². The summed E-state index contributed by atoms with van der Waals surface area (Å²) >= 11 is 0. The van der Waals surface area contributed by atoms with E-state index in [2.05, 4.69) is 10.6 Å². The van der Waals surface area contributed by atoms with Crippen LogP contribution in [0, 0.1) is 25.7 Å². The topological polar surface area (TPSA) is 108 Å². The number of hydrogen-bond acceptors (Lipinski definition) is 5. The SMILES string of the molecule is CNC(=O)[C@@H]1[C@H]2C(=O)N([C@H](CO)c3ccccc3)C(C(=O)Nc3cc(C)ccc3C)C23CC[C@@]1(C)O3. The number of likely N-dealkylation sites (tertiary alicyclic amines) is 1. The van der Waals surface area contributed by atoms with Gasteiger partial charge in [-0.1, -0.05) is 42.5 Å². The van der Waals surface area contributed by atoms with Gasteiger partial charge in [0.2, 0.25) is 17.7 Å². The van der Waals surface area contributed by atoms with Crippen LogP contribution in [0.5, 0.6) is 0 Å².